The molecule has 0 fully saturated rings. The van der Waals surface area contributed by atoms with Gasteiger partial charge in [0.15, 0.2) is 11.6 Å². The van der Waals surface area contributed by atoms with Crippen molar-refractivity contribution in [3.63, 3.8) is 0 Å². The van der Waals surface area contributed by atoms with Crippen LogP contribution in [0.1, 0.15) is 22.4 Å². The van der Waals surface area contributed by atoms with E-state index in [2.05, 4.69) is 9.97 Å². The van der Waals surface area contributed by atoms with E-state index in [0.717, 1.165) is 12.1 Å². The van der Waals surface area contributed by atoms with E-state index in [4.69, 9.17) is 4.42 Å². The molecule has 2 aromatic heterocycles. The first kappa shape index (κ1) is 18.4. The van der Waals surface area contributed by atoms with E-state index in [-0.39, 0.29) is 24.2 Å². The van der Waals surface area contributed by atoms with Crippen LogP contribution in [0.2, 0.25) is 0 Å². The molecule has 0 spiro atoms. The quantitative estimate of drug-likeness (QED) is 0.689. The zero-order chi connectivity index (χ0) is 19.9. The van der Waals surface area contributed by atoms with Crippen molar-refractivity contribution < 1.29 is 22.0 Å². The number of hydrogen-bond donors (Lipinski definition) is 1. The molecule has 9 heteroatoms. The van der Waals surface area contributed by atoms with E-state index >= 15 is 0 Å². The second-order valence-electron chi connectivity index (χ2n) is 6.58. The van der Waals surface area contributed by atoms with Crippen LogP contribution in [0.5, 0.6) is 0 Å². The minimum atomic E-state index is -4.65. The third-order valence-corrected chi connectivity index (χ3v) is 4.67. The molecule has 3 aromatic rings. The molecule has 0 radical (unpaired) electrons. The van der Waals surface area contributed by atoms with E-state index in [1.165, 1.54) is 6.26 Å². The fourth-order valence-corrected chi connectivity index (χ4v) is 3.34. The molecule has 1 aliphatic heterocycles. The summed E-state index contributed by atoms with van der Waals surface area (Å²) in [6.45, 7) is 0.536. The number of rotatable bonds is 3. The van der Waals surface area contributed by atoms with Crippen LogP contribution in [-0.4, -0.2) is 21.4 Å². The Morgan fingerprint density at radius 3 is 2.79 bits per heavy atom. The Morgan fingerprint density at radius 2 is 2.07 bits per heavy atom. The molecule has 146 valence electrons. The smallest absolute Gasteiger partial charge is 0.416 e. The lowest BCUT2D eigenvalue weighted by Gasteiger charge is -2.28. The largest absolute Gasteiger partial charge is 0.461 e. The van der Waals surface area contributed by atoms with Crippen LogP contribution in [0.4, 0.5) is 17.6 Å². The third-order valence-electron chi connectivity index (χ3n) is 4.67. The van der Waals surface area contributed by atoms with Crippen LogP contribution < -0.4 is 5.56 Å². The van der Waals surface area contributed by atoms with Gasteiger partial charge in [-0.3, -0.25) is 9.69 Å². The number of fused-ring (bicyclic) bond motifs is 1. The van der Waals surface area contributed by atoms with E-state index in [1.54, 1.807) is 17.0 Å². The standard InChI is InChI=1S/C19H15F4N3O2/c20-12-4-3-11(14(8-12)19(21,22)23)9-26-6-5-15-13(10-26)18(27)25-17(24-15)16-2-1-7-28-16/h1-4,7-8H,5-6,9-10H2,(H,24,25,27). The van der Waals surface area contributed by atoms with Gasteiger partial charge in [0.25, 0.3) is 5.56 Å². The molecule has 0 amide bonds. The summed E-state index contributed by atoms with van der Waals surface area (Å²) in [5.41, 5.74) is -0.373. The first-order valence-electron chi connectivity index (χ1n) is 8.55. The number of hydrogen-bond acceptors (Lipinski definition) is 4. The molecule has 0 saturated heterocycles. The average Bonchev–Trinajstić information content (AvgIpc) is 3.17. The maximum Gasteiger partial charge on any atom is 0.416 e. The summed E-state index contributed by atoms with van der Waals surface area (Å²) in [5, 5.41) is 0. The summed E-state index contributed by atoms with van der Waals surface area (Å²) < 4.78 is 58.1. The molecule has 1 aromatic carbocycles. The summed E-state index contributed by atoms with van der Waals surface area (Å²) in [7, 11) is 0. The minimum Gasteiger partial charge on any atom is -0.461 e. The maximum absolute atomic E-state index is 13.3. The van der Waals surface area contributed by atoms with E-state index < -0.39 is 17.6 Å². The Hall–Kier alpha value is -2.94. The number of aromatic amines is 1. The Balaban J connectivity index is 1.60. The number of nitrogens with zero attached hydrogens (tertiary/aromatic N) is 2. The van der Waals surface area contributed by atoms with Crippen molar-refractivity contribution >= 4 is 0 Å². The number of aromatic nitrogens is 2. The van der Waals surface area contributed by atoms with Crippen LogP contribution in [0, 0.1) is 5.82 Å². The average molecular weight is 393 g/mol. The number of alkyl halides is 3. The lowest BCUT2D eigenvalue weighted by molar-refractivity contribution is -0.138. The Labute approximate surface area is 156 Å². The Morgan fingerprint density at radius 1 is 1.25 bits per heavy atom. The van der Waals surface area contributed by atoms with Gasteiger partial charge in [-0.05, 0) is 29.8 Å². The van der Waals surface area contributed by atoms with E-state index in [0.29, 0.717) is 41.9 Å². The highest BCUT2D eigenvalue weighted by molar-refractivity contribution is 5.47. The second kappa shape index (κ2) is 6.90. The van der Waals surface area contributed by atoms with Gasteiger partial charge < -0.3 is 9.40 Å². The van der Waals surface area contributed by atoms with Gasteiger partial charge in [-0.15, -0.1) is 0 Å². The summed E-state index contributed by atoms with van der Waals surface area (Å²) in [4.78, 5) is 21.2. The van der Waals surface area contributed by atoms with Gasteiger partial charge >= 0.3 is 6.18 Å². The summed E-state index contributed by atoms with van der Waals surface area (Å²) in [5.74, 6) is -0.185. The molecule has 0 bridgehead atoms. The Kier molecular flexibility index (Phi) is 4.54. The predicted octanol–water partition coefficient (Wildman–Crippen LogP) is 3.75. The molecule has 1 aliphatic rings. The van der Waals surface area contributed by atoms with Crippen LogP contribution in [0.3, 0.4) is 0 Å². The molecule has 3 heterocycles. The van der Waals surface area contributed by atoms with Crippen molar-refractivity contribution in [2.45, 2.75) is 25.7 Å². The highest BCUT2D eigenvalue weighted by Crippen LogP contribution is 2.33. The van der Waals surface area contributed by atoms with Gasteiger partial charge in [0, 0.05) is 26.1 Å². The molecule has 0 atom stereocenters. The number of furan rings is 1. The molecule has 4 rings (SSSR count). The van der Waals surface area contributed by atoms with Gasteiger partial charge in [0.2, 0.25) is 0 Å². The second-order valence-corrected chi connectivity index (χ2v) is 6.58. The third kappa shape index (κ3) is 3.57. The van der Waals surface area contributed by atoms with Gasteiger partial charge in [-0.1, -0.05) is 6.07 Å². The highest BCUT2D eigenvalue weighted by Gasteiger charge is 2.34. The lowest BCUT2D eigenvalue weighted by atomic mass is 10.0. The highest BCUT2D eigenvalue weighted by atomic mass is 19.4. The minimum absolute atomic E-state index is 0.0334. The zero-order valence-corrected chi connectivity index (χ0v) is 14.5. The molecule has 28 heavy (non-hydrogen) atoms. The van der Waals surface area contributed by atoms with Crippen molar-refractivity contribution in [3.8, 4) is 11.6 Å². The maximum atomic E-state index is 13.3. The summed E-state index contributed by atoms with van der Waals surface area (Å²) in [6.07, 6.45) is -2.77. The number of halogens is 4. The summed E-state index contributed by atoms with van der Waals surface area (Å²) in [6, 6.07) is 5.99. The molecule has 1 N–H and O–H groups in total. The molecule has 5 nitrogen and oxygen atoms in total. The van der Waals surface area contributed by atoms with Crippen LogP contribution in [0.15, 0.2) is 45.8 Å². The van der Waals surface area contributed by atoms with E-state index in [1.807, 2.05) is 0 Å². The summed E-state index contributed by atoms with van der Waals surface area (Å²) >= 11 is 0. The molecule has 0 aliphatic carbocycles. The van der Waals surface area contributed by atoms with Crippen molar-refractivity contribution in [2.75, 3.05) is 6.54 Å². The number of nitrogens with one attached hydrogen (secondary N) is 1. The predicted molar refractivity (Wildman–Crippen MR) is 91.8 cm³/mol. The first-order chi connectivity index (χ1) is 13.3. The van der Waals surface area contributed by atoms with Gasteiger partial charge in [-0.25, -0.2) is 9.37 Å². The number of H-pyrrole nitrogens is 1. The van der Waals surface area contributed by atoms with E-state index in [9.17, 15) is 22.4 Å². The van der Waals surface area contributed by atoms with Gasteiger partial charge in [-0.2, -0.15) is 13.2 Å². The van der Waals surface area contributed by atoms with Gasteiger partial charge in [0.05, 0.1) is 23.1 Å². The van der Waals surface area contributed by atoms with Crippen LogP contribution in [-0.2, 0) is 25.7 Å². The van der Waals surface area contributed by atoms with Crippen molar-refractivity contribution in [3.05, 3.63) is 75.2 Å². The van der Waals surface area contributed by atoms with Crippen LogP contribution >= 0.6 is 0 Å². The fourth-order valence-electron chi connectivity index (χ4n) is 3.34. The van der Waals surface area contributed by atoms with Crippen molar-refractivity contribution in [2.24, 2.45) is 0 Å². The molecule has 0 saturated carbocycles. The Bertz CT molecular complexity index is 1060. The normalized spacial score (nSPS) is 14.9. The van der Waals surface area contributed by atoms with Gasteiger partial charge in [0.1, 0.15) is 5.82 Å². The number of benzene rings is 1. The first-order valence-corrected chi connectivity index (χ1v) is 8.55. The monoisotopic (exact) mass is 393 g/mol. The van der Waals surface area contributed by atoms with Crippen molar-refractivity contribution in [1.82, 2.24) is 14.9 Å². The van der Waals surface area contributed by atoms with Crippen molar-refractivity contribution in [1.29, 1.82) is 0 Å². The lowest BCUT2D eigenvalue weighted by Crippen LogP contribution is -2.35. The van der Waals surface area contributed by atoms with Crippen LogP contribution in [0.25, 0.3) is 11.6 Å². The molecular formula is C19H15F4N3O2. The SMILES string of the molecule is O=c1[nH]c(-c2ccco2)nc2c1CN(Cc1ccc(F)cc1C(F)(F)F)CC2. The fraction of sp³-hybridized carbons (Fsp3) is 0.263. The molecular weight excluding hydrogens is 378 g/mol. The topological polar surface area (TPSA) is 62.1 Å². The zero-order valence-electron chi connectivity index (χ0n) is 14.5. The molecule has 0 unspecified atom stereocenters.